The summed E-state index contributed by atoms with van der Waals surface area (Å²) >= 11 is 6.38. The Hall–Kier alpha value is -2.98. The Labute approximate surface area is 170 Å². The van der Waals surface area contributed by atoms with Gasteiger partial charge in [0.15, 0.2) is 4.32 Å². The molecule has 0 bridgehead atoms. The predicted molar refractivity (Wildman–Crippen MR) is 111 cm³/mol. The Morgan fingerprint density at radius 3 is 2.50 bits per heavy atom. The van der Waals surface area contributed by atoms with Gasteiger partial charge in [-0.2, -0.15) is 0 Å². The van der Waals surface area contributed by atoms with Crippen LogP contribution in [0.5, 0.6) is 0 Å². The Kier molecular flexibility index (Phi) is 6.22. The highest BCUT2D eigenvalue weighted by Gasteiger charge is 2.38. The number of amides is 2. The van der Waals surface area contributed by atoms with Crippen molar-refractivity contribution in [2.24, 2.45) is 0 Å². The van der Waals surface area contributed by atoms with Gasteiger partial charge >= 0.3 is 0 Å². The van der Waals surface area contributed by atoms with Gasteiger partial charge in [0, 0.05) is 24.4 Å². The maximum Gasteiger partial charge on any atom is 0.269 e. The molecule has 1 heterocycles. The molecule has 0 aromatic heterocycles. The zero-order valence-electron chi connectivity index (χ0n) is 14.5. The maximum absolute atomic E-state index is 12.5. The lowest BCUT2D eigenvalue weighted by molar-refractivity contribution is -0.384. The molecule has 1 aliphatic heterocycles. The van der Waals surface area contributed by atoms with E-state index in [4.69, 9.17) is 12.2 Å². The topological polar surface area (TPSA) is 105 Å². The largest absolute Gasteiger partial charge is 0.383 e. The minimum atomic E-state index is -0.500. The van der Waals surface area contributed by atoms with Crippen molar-refractivity contribution in [3.8, 4) is 0 Å². The molecule has 10 heteroatoms. The van der Waals surface area contributed by atoms with Gasteiger partial charge in [-0.1, -0.05) is 54.3 Å². The number of thioether (sulfide) groups is 1. The molecule has 0 radical (unpaired) electrons. The van der Waals surface area contributed by atoms with E-state index in [1.54, 1.807) is 12.1 Å². The van der Waals surface area contributed by atoms with Gasteiger partial charge in [-0.25, -0.2) is 5.01 Å². The van der Waals surface area contributed by atoms with Crippen LogP contribution in [0.15, 0.2) is 54.6 Å². The monoisotopic (exact) mass is 416 g/mol. The molecule has 0 aliphatic carbocycles. The molecule has 0 spiro atoms. The van der Waals surface area contributed by atoms with Crippen LogP contribution in [0.1, 0.15) is 5.56 Å². The number of nitrogens with one attached hydrogen (secondary N) is 2. The number of nitrogens with zero attached hydrogens (tertiary/aromatic N) is 2. The van der Waals surface area contributed by atoms with Gasteiger partial charge in [0.25, 0.3) is 11.6 Å². The Bertz CT molecular complexity index is 906. The van der Waals surface area contributed by atoms with Crippen molar-refractivity contribution < 1.29 is 14.5 Å². The molecule has 144 valence electrons. The minimum Gasteiger partial charge on any atom is -0.383 e. The lowest BCUT2D eigenvalue weighted by Crippen LogP contribution is -2.47. The van der Waals surface area contributed by atoms with E-state index in [1.807, 2.05) is 30.3 Å². The number of hydrogen-bond donors (Lipinski definition) is 2. The van der Waals surface area contributed by atoms with E-state index in [0.29, 0.717) is 5.69 Å². The van der Waals surface area contributed by atoms with Gasteiger partial charge in [-0.3, -0.25) is 25.1 Å². The van der Waals surface area contributed by atoms with Crippen LogP contribution in [-0.2, 0) is 16.0 Å². The van der Waals surface area contributed by atoms with E-state index in [9.17, 15) is 19.7 Å². The van der Waals surface area contributed by atoms with Crippen LogP contribution >= 0.6 is 24.0 Å². The fourth-order valence-corrected chi connectivity index (χ4v) is 3.89. The second-order valence-corrected chi connectivity index (χ2v) is 7.76. The first-order valence-corrected chi connectivity index (χ1v) is 9.59. The number of hydrogen-bond acceptors (Lipinski definition) is 7. The molecule has 1 fully saturated rings. The molecule has 8 nitrogen and oxygen atoms in total. The molecule has 1 saturated heterocycles. The number of nitro benzene ring substituents is 1. The third-order valence-corrected chi connectivity index (χ3v) is 5.44. The van der Waals surface area contributed by atoms with Crippen LogP contribution < -0.4 is 10.7 Å². The minimum absolute atomic E-state index is 0.00894. The van der Waals surface area contributed by atoms with Crippen molar-refractivity contribution in [1.29, 1.82) is 0 Å². The van der Waals surface area contributed by atoms with Gasteiger partial charge in [0.05, 0.1) is 11.3 Å². The predicted octanol–water partition coefficient (Wildman–Crippen LogP) is 2.51. The lowest BCUT2D eigenvalue weighted by atomic mass is 10.1. The Morgan fingerprint density at radius 1 is 1.18 bits per heavy atom. The van der Waals surface area contributed by atoms with Crippen LogP contribution in [0.3, 0.4) is 0 Å². The molecular weight excluding hydrogens is 400 g/mol. The Morgan fingerprint density at radius 2 is 1.86 bits per heavy atom. The van der Waals surface area contributed by atoms with E-state index in [2.05, 4.69) is 10.7 Å². The SMILES string of the molecule is O=C(Cc1ccccc1)NN1C(=O)C(CNc2ccc([N+](=O)[O-])cc2)SC1=S. The second kappa shape index (κ2) is 8.81. The molecule has 3 rings (SSSR count). The number of nitro groups is 1. The molecule has 2 aromatic carbocycles. The summed E-state index contributed by atoms with van der Waals surface area (Å²) in [6, 6.07) is 15.1. The molecule has 2 aromatic rings. The molecule has 1 unspecified atom stereocenters. The molecule has 0 saturated carbocycles. The van der Waals surface area contributed by atoms with Crippen LogP contribution in [0.2, 0.25) is 0 Å². The van der Waals surface area contributed by atoms with Crippen molar-refractivity contribution in [3.05, 3.63) is 70.3 Å². The average molecular weight is 416 g/mol. The number of non-ortho nitro benzene ring substituents is 1. The summed E-state index contributed by atoms with van der Waals surface area (Å²) in [6.07, 6.45) is 0.142. The summed E-state index contributed by atoms with van der Waals surface area (Å²) in [6.45, 7) is 0.270. The van der Waals surface area contributed by atoms with Crippen LogP contribution in [0, 0.1) is 10.1 Å². The van der Waals surface area contributed by atoms with Crippen LogP contribution in [-0.4, -0.2) is 37.9 Å². The highest BCUT2D eigenvalue weighted by molar-refractivity contribution is 8.24. The van der Waals surface area contributed by atoms with Crippen LogP contribution in [0.25, 0.3) is 0 Å². The zero-order chi connectivity index (χ0) is 20.1. The van der Waals surface area contributed by atoms with Crippen LogP contribution in [0.4, 0.5) is 11.4 Å². The third kappa shape index (κ3) is 4.84. The average Bonchev–Trinajstić information content (AvgIpc) is 2.95. The number of anilines is 1. The molecule has 1 aliphatic rings. The lowest BCUT2D eigenvalue weighted by Gasteiger charge is -2.17. The number of thiocarbonyl (C=S) groups is 1. The first-order chi connectivity index (χ1) is 13.4. The summed E-state index contributed by atoms with van der Waals surface area (Å²) in [5, 5.41) is 14.3. The highest BCUT2D eigenvalue weighted by Crippen LogP contribution is 2.26. The van der Waals surface area contributed by atoms with Crippen molar-refractivity contribution in [2.45, 2.75) is 11.7 Å². The second-order valence-electron chi connectivity index (χ2n) is 5.93. The first-order valence-electron chi connectivity index (χ1n) is 8.30. The normalized spacial score (nSPS) is 16.1. The smallest absolute Gasteiger partial charge is 0.269 e. The van der Waals surface area contributed by atoms with Gasteiger partial charge < -0.3 is 5.32 Å². The number of carbonyl (C=O) groups excluding carboxylic acids is 2. The van der Waals surface area contributed by atoms with Crippen molar-refractivity contribution in [2.75, 3.05) is 11.9 Å². The molecule has 2 amide bonds. The number of carbonyl (C=O) groups is 2. The quantitative estimate of drug-likeness (QED) is 0.406. The summed E-state index contributed by atoms with van der Waals surface area (Å²) in [5.41, 5.74) is 4.03. The first kappa shape index (κ1) is 19.8. The number of hydrazine groups is 1. The van der Waals surface area contributed by atoms with E-state index >= 15 is 0 Å². The molecule has 1 atom stereocenters. The van der Waals surface area contributed by atoms with E-state index in [1.165, 1.54) is 23.9 Å². The standard InChI is InChI=1S/C18H16N4O4S2/c23-16(10-12-4-2-1-3-5-12)20-21-17(24)15(28-18(21)27)11-19-13-6-8-14(9-7-13)22(25)26/h1-9,15,19H,10-11H2,(H,20,23). The van der Waals surface area contributed by atoms with Gasteiger partial charge in [-0.05, 0) is 17.7 Å². The zero-order valence-corrected chi connectivity index (χ0v) is 16.2. The van der Waals surface area contributed by atoms with E-state index in [0.717, 1.165) is 10.6 Å². The third-order valence-electron chi connectivity index (χ3n) is 3.94. The van der Waals surface area contributed by atoms with Gasteiger partial charge in [0.1, 0.15) is 5.25 Å². The number of benzene rings is 2. The van der Waals surface area contributed by atoms with Crippen molar-refractivity contribution >= 4 is 51.5 Å². The van der Waals surface area contributed by atoms with E-state index in [-0.39, 0.29) is 34.8 Å². The van der Waals surface area contributed by atoms with Gasteiger partial charge in [0.2, 0.25) is 5.91 Å². The molecule has 2 N–H and O–H groups in total. The number of rotatable bonds is 7. The molecule has 28 heavy (non-hydrogen) atoms. The summed E-state index contributed by atoms with van der Waals surface area (Å²) in [7, 11) is 0. The summed E-state index contributed by atoms with van der Waals surface area (Å²) in [4.78, 5) is 34.9. The maximum atomic E-state index is 12.5. The van der Waals surface area contributed by atoms with Crippen molar-refractivity contribution in [3.63, 3.8) is 0 Å². The summed E-state index contributed by atoms with van der Waals surface area (Å²) in [5.74, 6) is -0.641. The highest BCUT2D eigenvalue weighted by atomic mass is 32.2. The fraction of sp³-hybridized carbons (Fsp3) is 0.167. The van der Waals surface area contributed by atoms with Crippen molar-refractivity contribution in [1.82, 2.24) is 10.4 Å². The Balaban J connectivity index is 1.54. The van der Waals surface area contributed by atoms with Gasteiger partial charge in [-0.15, -0.1) is 0 Å². The molecular formula is C18H16N4O4S2. The summed E-state index contributed by atoms with van der Waals surface area (Å²) < 4.78 is 0.280. The fourth-order valence-electron chi connectivity index (χ4n) is 2.55. The van der Waals surface area contributed by atoms with E-state index < -0.39 is 10.2 Å².